The highest BCUT2D eigenvalue weighted by atomic mass is 15.1. The predicted molar refractivity (Wildman–Crippen MR) is 45.3 cm³/mol. The Bertz CT molecular complexity index is 231. The Kier molecular flexibility index (Phi) is 2.58. The Balaban J connectivity index is 2.78. The number of hydrogen-bond acceptors (Lipinski definition) is 2. The molecule has 0 aliphatic rings. The quantitative estimate of drug-likeness (QED) is 0.644. The molecule has 11 heavy (non-hydrogen) atoms. The van der Waals surface area contributed by atoms with E-state index in [4.69, 9.17) is 0 Å². The lowest BCUT2D eigenvalue weighted by molar-refractivity contribution is 0.624. The molecule has 60 valence electrons. The molecule has 0 radical (unpaired) electrons. The van der Waals surface area contributed by atoms with Crippen molar-refractivity contribution in [3.8, 4) is 0 Å². The van der Waals surface area contributed by atoms with Gasteiger partial charge in [0.05, 0.1) is 5.69 Å². The van der Waals surface area contributed by atoms with Crippen LogP contribution < -0.4 is 0 Å². The summed E-state index contributed by atoms with van der Waals surface area (Å²) in [6.07, 6.45) is 2.76. The summed E-state index contributed by atoms with van der Waals surface area (Å²) in [7, 11) is 0. The molecule has 1 aromatic rings. The maximum atomic E-state index is 4.07. The molecule has 0 N–H and O–H groups in total. The lowest BCUT2D eigenvalue weighted by Crippen LogP contribution is -2.00. The highest BCUT2D eigenvalue weighted by Gasteiger charge is 2.01. The van der Waals surface area contributed by atoms with Gasteiger partial charge in [-0.05, 0) is 30.9 Å². The molecule has 1 rings (SSSR count). The standard InChI is InChI=1S/C9H14N2/c1-7(2)6-9-8(3)4-5-10-11-9/h4-5,7H,6H2,1-3H3. The fourth-order valence-electron chi connectivity index (χ4n) is 1.01. The summed E-state index contributed by atoms with van der Waals surface area (Å²) in [6.45, 7) is 6.45. The molecule has 1 heterocycles. The second kappa shape index (κ2) is 3.46. The van der Waals surface area contributed by atoms with Crippen molar-refractivity contribution in [1.29, 1.82) is 0 Å². The zero-order valence-corrected chi connectivity index (χ0v) is 7.33. The molecular weight excluding hydrogens is 136 g/mol. The van der Waals surface area contributed by atoms with Crippen LogP contribution in [0.2, 0.25) is 0 Å². The molecule has 0 spiro atoms. The third-order valence-electron chi connectivity index (χ3n) is 1.63. The molecule has 2 nitrogen and oxygen atoms in total. The Hall–Kier alpha value is -0.920. The second-order valence-electron chi connectivity index (χ2n) is 3.26. The maximum Gasteiger partial charge on any atom is 0.0662 e. The molecule has 0 bridgehead atoms. The van der Waals surface area contributed by atoms with Crippen LogP contribution in [0.1, 0.15) is 25.1 Å². The van der Waals surface area contributed by atoms with Crippen LogP contribution in [-0.2, 0) is 6.42 Å². The van der Waals surface area contributed by atoms with Gasteiger partial charge in [-0.15, -0.1) is 0 Å². The normalized spacial score (nSPS) is 10.5. The molecule has 0 fully saturated rings. The van der Waals surface area contributed by atoms with Crippen molar-refractivity contribution in [1.82, 2.24) is 10.2 Å². The minimum atomic E-state index is 0.658. The largest absolute Gasteiger partial charge is 0.159 e. The summed E-state index contributed by atoms with van der Waals surface area (Å²) in [5.41, 5.74) is 2.37. The Morgan fingerprint density at radius 2 is 2.18 bits per heavy atom. The van der Waals surface area contributed by atoms with Crippen LogP contribution in [0.3, 0.4) is 0 Å². The minimum Gasteiger partial charge on any atom is -0.159 e. The highest BCUT2D eigenvalue weighted by molar-refractivity contribution is 5.15. The Labute approximate surface area is 67.7 Å². The number of hydrogen-bond donors (Lipinski definition) is 0. The van der Waals surface area contributed by atoms with Gasteiger partial charge in [0.2, 0.25) is 0 Å². The Morgan fingerprint density at radius 1 is 1.45 bits per heavy atom. The summed E-state index contributed by atoms with van der Waals surface area (Å²) >= 11 is 0. The van der Waals surface area contributed by atoms with Crippen LogP contribution in [0.25, 0.3) is 0 Å². The lowest BCUT2D eigenvalue weighted by atomic mass is 10.1. The first-order chi connectivity index (χ1) is 5.20. The van der Waals surface area contributed by atoms with Crippen molar-refractivity contribution in [2.75, 3.05) is 0 Å². The van der Waals surface area contributed by atoms with Crippen molar-refractivity contribution in [3.05, 3.63) is 23.5 Å². The van der Waals surface area contributed by atoms with Gasteiger partial charge >= 0.3 is 0 Å². The van der Waals surface area contributed by atoms with Crippen LogP contribution >= 0.6 is 0 Å². The van der Waals surface area contributed by atoms with Crippen LogP contribution in [-0.4, -0.2) is 10.2 Å². The van der Waals surface area contributed by atoms with E-state index >= 15 is 0 Å². The smallest absolute Gasteiger partial charge is 0.0662 e. The van der Waals surface area contributed by atoms with E-state index in [1.54, 1.807) is 6.20 Å². The van der Waals surface area contributed by atoms with Crippen molar-refractivity contribution in [2.24, 2.45) is 5.92 Å². The number of nitrogens with zero attached hydrogens (tertiary/aromatic N) is 2. The third kappa shape index (κ3) is 2.30. The molecule has 0 unspecified atom stereocenters. The van der Waals surface area contributed by atoms with E-state index in [2.05, 4.69) is 31.0 Å². The van der Waals surface area contributed by atoms with Gasteiger partial charge in [-0.1, -0.05) is 13.8 Å². The van der Waals surface area contributed by atoms with Gasteiger partial charge in [-0.2, -0.15) is 10.2 Å². The molecular formula is C9H14N2. The van der Waals surface area contributed by atoms with E-state index in [9.17, 15) is 0 Å². The molecule has 0 aliphatic carbocycles. The molecule has 2 heteroatoms. The van der Waals surface area contributed by atoms with Gasteiger partial charge in [0.15, 0.2) is 0 Å². The first-order valence-electron chi connectivity index (χ1n) is 3.97. The summed E-state index contributed by atoms with van der Waals surface area (Å²) < 4.78 is 0. The van der Waals surface area contributed by atoms with E-state index in [0.717, 1.165) is 12.1 Å². The van der Waals surface area contributed by atoms with Gasteiger partial charge in [0, 0.05) is 6.20 Å². The molecule has 0 aromatic carbocycles. The topological polar surface area (TPSA) is 25.8 Å². The predicted octanol–water partition coefficient (Wildman–Crippen LogP) is 1.98. The number of rotatable bonds is 2. The van der Waals surface area contributed by atoms with E-state index in [1.165, 1.54) is 5.56 Å². The molecule has 0 saturated heterocycles. The van der Waals surface area contributed by atoms with Crippen molar-refractivity contribution in [2.45, 2.75) is 27.2 Å². The van der Waals surface area contributed by atoms with Gasteiger partial charge in [0.1, 0.15) is 0 Å². The highest BCUT2D eigenvalue weighted by Crippen LogP contribution is 2.07. The van der Waals surface area contributed by atoms with E-state index in [1.807, 2.05) is 6.07 Å². The molecule has 0 atom stereocenters. The second-order valence-corrected chi connectivity index (χ2v) is 3.26. The lowest BCUT2D eigenvalue weighted by Gasteiger charge is -2.04. The summed E-state index contributed by atoms with van der Waals surface area (Å²) in [6, 6.07) is 2.00. The van der Waals surface area contributed by atoms with Gasteiger partial charge in [-0.3, -0.25) is 0 Å². The summed E-state index contributed by atoms with van der Waals surface area (Å²) in [5.74, 6) is 0.658. The van der Waals surface area contributed by atoms with E-state index < -0.39 is 0 Å². The van der Waals surface area contributed by atoms with Crippen molar-refractivity contribution in [3.63, 3.8) is 0 Å². The first-order valence-corrected chi connectivity index (χ1v) is 3.97. The number of aromatic nitrogens is 2. The maximum absolute atomic E-state index is 4.07. The first kappa shape index (κ1) is 8.18. The zero-order valence-electron chi connectivity index (χ0n) is 7.33. The van der Waals surface area contributed by atoms with Crippen LogP contribution in [0.4, 0.5) is 0 Å². The van der Waals surface area contributed by atoms with Crippen molar-refractivity contribution >= 4 is 0 Å². The fraction of sp³-hybridized carbons (Fsp3) is 0.556. The zero-order chi connectivity index (χ0) is 8.27. The average molecular weight is 150 g/mol. The van der Waals surface area contributed by atoms with Crippen LogP contribution in [0.5, 0.6) is 0 Å². The van der Waals surface area contributed by atoms with Gasteiger partial charge < -0.3 is 0 Å². The van der Waals surface area contributed by atoms with E-state index in [0.29, 0.717) is 5.92 Å². The molecule has 1 aromatic heterocycles. The average Bonchev–Trinajstić information content (AvgIpc) is 1.93. The SMILES string of the molecule is Cc1ccnnc1CC(C)C. The van der Waals surface area contributed by atoms with Gasteiger partial charge in [-0.25, -0.2) is 0 Å². The third-order valence-corrected chi connectivity index (χ3v) is 1.63. The summed E-state index contributed by atoms with van der Waals surface area (Å²) in [4.78, 5) is 0. The van der Waals surface area contributed by atoms with Crippen molar-refractivity contribution < 1.29 is 0 Å². The minimum absolute atomic E-state index is 0.658. The Morgan fingerprint density at radius 3 is 2.73 bits per heavy atom. The molecule has 0 aliphatic heterocycles. The molecule has 0 saturated carbocycles. The van der Waals surface area contributed by atoms with Crippen LogP contribution in [0, 0.1) is 12.8 Å². The van der Waals surface area contributed by atoms with Crippen LogP contribution in [0.15, 0.2) is 12.3 Å². The number of aryl methyl sites for hydroxylation is 1. The molecule has 0 amide bonds. The van der Waals surface area contributed by atoms with E-state index in [-0.39, 0.29) is 0 Å². The monoisotopic (exact) mass is 150 g/mol. The fourth-order valence-corrected chi connectivity index (χ4v) is 1.01. The van der Waals surface area contributed by atoms with Gasteiger partial charge in [0.25, 0.3) is 0 Å². The summed E-state index contributed by atoms with van der Waals surface area (Å²) in [5, 5.41) is 7.92.